The van der Waals surface area contributed by atoms with Crippen molar-refractivity contribution in [1.82, 2.24) is 14.2 Å². The van der Waals surface area contributed by atoms with Gasteiger partial charge in [-0.15, -0.1) is 0 Å². The third-order valence-corrected chi connectivity index (χ3v) is 9.41. The van der Waals surface area contributed by atoms with Crippen molar-refractivity contribution in [1.29, 1.82) is 0 Å². The molecule has 2 aliphatic heterocycles. The molecule has 2 aliphatic rings. The number of sulfonamides is 1. The number of piperidine rings is 1. The largest absolute Gasteiger partial charge is 0.322 e. The molecule has 0 aliphatic carbocycles. The maximum absolute atomic E-state index is 13.5. The average Bonchev–Trinajstić information content (AvgIpc) is 2.82. The van der Waals surface area contributed by atoms with Crippen molar-refractivity contribution in [2.45, 2.75) is 63.1 Å². The highest BCUT2D eigenvalue weighted by Gasteiger charge is 2.35. The van der Waals surface area contributed by atoms with E-state index >= 15 is 0 Å². The zero-order valence-electron chi connectivity index (χ0n) is 20.5. The molecule has 0 radical (unpaired) electrons. The van der Waals surface area contributed by atoms with E-state index in [4.69, 9.17) is 4.98 Å². The lowest BCUT2D eigenvalue weighted by atomic mass is 9.95. The predicted molar refractivity (Wildman–Crippen MR) is 138 cm³/mol. The first-order chi connectivity index (χ1) is 16.8. The summed E-state index contributed by atoms with van der Waals surface area (Å²) in [5.41, 5.74) is 3.95. The molecule has 2 unspecified atom stereocenters. The van der Waals surface area contributed by atoms with E-state index in [9.17, 15) is 13.2 Å². The van der Waals surface area contributed by atoms with Crippen LogP contribution in [0.1, 0.15) is 54.7 Å². The van der Waals surface area contributed by atoms with Gasteiger partial charge in [-0.3, -0.25) is 9.78 Å². The summed E-state index contributed by atoms with van der Waals surface area (Å²) in [6.45, 7) is 5.51. The first kappa shape index (κ1) is 23.9. The van der Waals surface area contributed by atoms with Crippen LogP contribution >= 0.6 is 0 Å². The molecular formula is C27H32N4O3S. The number of para-hydroxylation sites is 1. The van der Waals surface area contributed by atoms with Crippen LogP contribution in [-0.2, 0) is 23.0 Å². The molecule has 0 bridgehead atoms. The van der Waals surface area contributed by atoms with Gasteiger partial charge in [0, 0.05) is 53.9 Å². The van der Waals surface area contributed by atoms with E-state index in [1.807, 2.05) is 45.2 Å². The van der Waals surface area contributed by atoms with Crippen molar-refractivity contribution >= 4 is 32.5 Å². The first-order valence-corrected chi connectivity index (χ1v) is 13.7. The van der Waals surface area contributed by atoms with Crippen LogP contribution in [0.2, 0.25) is 0 Å². The van der Waals surface area contributed by atoms with Crippen molar-refractivity contribution in [3.63, 3.8) is 0 Å². The molecule has 5 rings (SSSR count). The summed E-state index contributed by atoms with van der Waals surface area (Å²) in [4.78, 5) is 20.8. The fraction of sp³-hybridized carbons (Fsp3) is 0.407. The Morgan fingerprint density at radius 3 is 2.43 bits per heavy atom. The summed E-state index contributed by atoms with van der Waals surface area (Å²) >= 11 is 0. The van der Waals surface area contributed by atoms with Gasteiger partial charge in [0.25, 0.3) is 5.91 Å². The van der Waals surface area contributed by atoms with Crippen molar-refractivity contribution in [3.05, 3.63) is 65.4 Å². The minimum atomic E-state index is -3.60. The van der Waals surface area contributed by atoms with Crippen molar-refractivity contribution in [3.8, 4) is 0 Å². The molecule has 1 saturated heterocycles. The minimum Gasteiger partial charge on any atom is -0.322 e. The van der Waals surface area contributed by atoms with Gasteiger partial charge in [-0.25, -0.2) is 8.42 Å². The zero-order chi connectivity index (χ0) is 24.7. The van der Waals surface area contributed by atoms with Gasteiger partial charge in [0.15, 0.2) is 0 Å². The van der Waals surface area contributed by atoms with Crippen molar-refractivity contribution in [2.75, 3.05) is 18.9 Å². The van der Waals surface area contributed by atoms with Gasteiger partial charge >= 0.3 is 0 Å². The molecule has 0 spiro atoms. The number of benzene rings is 2. The molecule has 1 fully saturated rings. The van der Waals surface area contributed by atoms with Crippen molar-refractivity contribution < 1.29 is 13.2 Å². The van der Waals surface area contributed by atoms with Crippen LogP contribution < -0.4 is 5.32 Å². The van der Waals surface area contributed by atoms with Gasteiger partial charge in [-0.2, -0.15) is 4.31 Å². The lowest BCUT2D eigenvalue weighted by Gasteiger charge is -2.37. The van der Waals surface area contributed by atoms with E-state index in [1.54, 1.807) is 28.6 Å². The number of fused-ring (bicyclic) bond motifs is 2. The smallest absolute Gasteiger partial charge is 0.256 e. The number of hydrogen-bond donors (Lipinski definition) is 1. The Hall–Kier alpha value is -2.81. The summed E-state index contributed by atoms with van der Waals surface area (Å²) < 4.78 is 28.3. The number of likely N-dealkylation sites (N-methyl/N-ethyl adjacent to an activating group) is 1. The molecule has 3 aromatic rings. The summed E-state index contributed by atoms with van der Waals surface area (Å²) in [5, 5.41) is 3.82. The maximum Gasteiger partial charge on any atom is 0.256 e. The molecule has 2 aromatic carbocycles. The fourth-order valence-electron chi connectivity index (χ4n) is 5.48. The number of carbonyl (C=O) groups is 1. The number of anilines is 1. The molecule has 35 heavy (non-hydrogen) atoms. The highest BCUT2D eigenvalue weighted by Crippen LogP contribution is 2.31. The van der Waals surface area contributed by atoms with E-state index in [2.05, 4.69) is 10.2 Å². The highest BCUT2D eigenvalue weighted by molar-refractivity contribution is 7.89. The van der Waals surface area contributed by atoms with E-state index in [1.165, 1.54) is 0 Å². The molecule has 7 nitrogen and oxygen atoms in total. The number of carbonyl (C=O) groups excluding carboxylic acids is 1. The fourth-order valence-corrected chi connectivity index (χ4v) is 7.36. The highest BCUT2D eigenvalue weighted by atomic mass is 32.2. The number of nitrogens with zero attached hydrogens (tertiary/aromatic N) is 3. The Balaban J connectivity index is 1.44. The first-order valence-electron chi connectivity index (χ1n) is 12.3. The van der Waals surface area contributed by atoms with Gasteiger partial charge in [0.1, 0.15) is 0 Å². The monoisotopic (exact) mass is 492 g/mol. The van der Waals surface area contributed by atoms with E-state index < -0.39 is 10.0 Å². The van der Waals surface area contributed by atoms with E-state index in [0.29, 0.717) is 17.8 Å². The second-order valence-electron chi connectivity index (χ2n) is 9.86. The quantitative estimate of drug-likeness (QED) is 0.583. The molecule has 0 saturated carbocycles. The second-order valence-corrected chi connectivity index (χ2v) is 11.7. The topological polar surface area (TPSA) is 82.6 Å². The molecule has 184 valence electrons. The summed E-state index contributed by atoms with van der Waals surface area (Å²) in [7, 11) is -1.55. The third-order valence-electron chi connectivity index (χ3n) is 7.26. The normalized spacial score (nSPS) is 21.6. The van der Waals surface area contributed by atoms with Crippen LogP contribution in [0, 0.1) is 0 Å². The van der Waals surface area contributed by atoms with Crippen LogP contribution in [0.15, 0.2) is 53.4 Å². The molecule has 1 aromatic heterocycles. The number of nitrogens with one attached hydrogen (secondary N) is 1. The Morgan fingerprint density at radius 1 is 1.03 bits per heavy atom. The van der Waals surface area contributed by atoms with Crippen LogP contribution in [0.5, 0.6) is 0 Å². The molecule has 3 heterocycles. The van der Waals surface area contributed by atoms with Crippen LogP contribution in [-0.4, -0.2) is 54.2 Å². The standard InChI is InChI=1S/C27H32N4O3S/c1-18-7-6-8-19(2)31(18)35(33,34)21-13-11-20(12-14-21)28-27(32)26-22-9-4-5-10-24(22)29-25-15-16-30(3)17-23(25)26/h4-5,9-14,18-19H,6-8,15-17H2,1-3H3,(H,28,32). The lowest BCUT2D eigenvalue weighted by molar-refractivity contribution is 0.102. The minimum absolute atomic E-state index is 0.0209. The Morgan fingerprint density at radius 2 is 1.71 bits per heavy atom. The average molecular weight is 493 g/mol. The van der Waals surface area contributed by atoms with Gasteiger partial charge in [-0.1, -0.05) is 24.6 Å². The number of aromatic nitrogens is 1. The molecule has 1 amide bonds. The SMILES string of the molecule is CC1CCCC(C)N1S(=O)(=O)c1ccc(NC(=O)c2c3c(nc4ccccc24)CCN(C)C3)cc1. The number of rotatable bonds is 4. The van der Waals surface area contributed by atoms with Gasteiger partial charge in [0.05, 0.1) is 16.0 Å². The second kappa shape index (κ2) is 9.33. The van der Waals surface area contributed by atoms with Crippen LogP contribution in [0.25, 0.3) is 10.9 Å². The lowest BCUT2D eigenvalue weighted by Crippen LogP contribution is -2.47. The number of amides is 1. The van der Waals surface area contributed by atoms with Gasteiger partial charge in [0.2, 0.25) is 10.0 Å². The summed E-state index contributed by atoms with van der Waals surface area (Å²) in [6.07, 6.45) is 3.59. The maximum atomic E-state index is 13.5. The van der Waals surface area contributed by atoms with Gasteiger partial charge in [-0.05, 0) is 64.1 Å². The molecular weight excluding hydrogens is 460 g/mol. The van der Waals surface area contributed by atoms with Crippen molar-refractivity contribution in [2.24, 2.45) is 0 Å². The summed E-state index contributed by atoms with van der Waals surface area (Å²) in [5.74, 6) is -0.205. The molecule has 8 heteroatoms. The zero-order valence-corrected chi connectivity index (χ0v) is 21.3. The van der Waals surface area contributed by atoms with E-state index in [0.717, 1.165) is 54.4 Å². The Bertz CT molecular complexity index is 1360. The predicted octanol–water partition coefficient (Wildman–Crippen LogP) is 4.43. The van der Waals surface area contributed by atoms with Crippen LogP contribution in [0.4, 0.5) is 5.69 Å². The summed E-state index contributed by atoms with van der Waals surface area (Å²) in [6, 6.07) is 14.2. The number of hydrogen-bond acceptors (Lipinski definition) is 5. The van der Waals surface area contributed by atoms with E-state index in [-0.39, 0.29) is 22.9 Å². The Labute approximate surface area is 207 Å². The molecule has 1 N–H and O–H groups in total. The third kappa shape index (κ3) is 4.46. The number of pyridine rings is 1. The molecule has 2 atom stereocenters. The van der Waals surface area contributed by atoms with Gasteiger partial charge < -0.3 is 10.2 Å². The Kier molecular flexibility index (Phi) is 6.38. The van der Waals surface area contributed by atoms with Crippen LogP contribution in [0.3, 0.4) is 0 Å².